The zero-order valence-corrected chi connectivity index (χ0v) is 15.5. The van der Waals surface area contributed by atoms with Crippen molar-refractivity contribution in [2.75, 3.05) is 6.54 Å². The highest BCUT2D eigenvalue weighted by Crippen LogP contribution is 2.33. The monoisotopic (exact) mass is 350 g/mol. The minimum absolute atomic E-state index is 0. The van der Waals surface area contributed by atoms with E-state index in [0.717, 1.165) is 32.2 Å². The number of amides is 1. The summed E-state index contributed by atoms with van der Waals surface area (Å²) in [6, 6.07) is 10.8. The maximum Gasteiger partial charge on any atom is 0.226 e. The summed E-state index contributed by atoms with van der Waals surface area (Å²) < 4.78 is 0. The minimum atomic E-state index is 0. The van der Waals surface area contributed by atoms with Crippen molar-refractivity contribution >= 4 is 18.3 Å². The van der Waals surface area contributed by atoms with E-state index < -0.39 is 0 Å². The van der Waals surface area contributed by atoms with Gasteiger partial charge in [0, 0.05) is 18.5 Å². The Bertz CT molecular complexity index is 518. The third-order valence-corrected chi connectivity index (χ3v) is 5.78. The molecule has 2 saturated carbocycles. The summed E-state index contributed by atoms with van der Waals surface area (Å²) in [5.41, 5.74) is 7.35. The van der Waals surface area contributed by atoms with Crippen LogP contribution < -0.4 is 5.73 Å². The Labute approximate surface area is 152 Å². The van der Waals surface area contributed by atoms with Crippen molar-refractivity contribution in [1.29, 1.82) is 0 Å². The zero-order chi connectivity index (χ0) is 16.2. The highest BCUT2D eigenvalue weighted by atomic mass is 35.5. The number of carbonyl (C=O) groups is 1. The SMILES string of the molecule is CC(c1ccccc1)N(CC1CCC1)C(=O)C1CCCC(N)C1.Cl. The van der Waals surface area contributed by atoms with Gasteiger partial charge in [-0.2, -0.15) is 0 Å². The molecule has 1 aromatic carbocycles. The van der Waals surface area contributed by atoms with E-state index in [4.69, 9.17) is 5.73 Å². The van der Waals surface area contributed by atoms with Crippen LogP contribution in [0.25, 0.3) is 0 Å². The van der Waals surface area contributed by atoms with Gasteiger partial charge in [-0.25, -0.2) is 0 Å². The molecular weight excluding hydrogens is 320 g/mol. The number of hydrogen-bond donors (Lipinski definition) is 1. The van der Waals surface area contributed by atoms with Gasteiger partial charge in [-0.1, -0.05) is 43.2 Å². The molecule has 2 aliphatic rings. The molecule has 0 saturated heterocycles. The summed E-state index contributed by atoms with van der Waals surface area (Å²) in [6.45, 7) is 3.09. The van der Waals surface area contributed by atoms with Crippen LogP contribution in [0.5, 0.6) is 0 Å². The highest BCUT2D eigenvalue weighted by Gasteiger charge is 2.33. The highest BCUT2D eigenvalue weighted by molar-refractivity contribution is 5.85. The number of benzene rings is 1. The number of hydrogen-bond acceptors (Lipinski definition) is 2. The molecule has 0 radical (unpaired) electrons. The van der Waals surface area contributed by atoms with E-state index in [1.165, 1.54) is 24.8 Å². The molecule has 3 atom stereocenters. The first-order valence-electron chi connectivity index (χ1n) is 9.26. The lowest BCUT2D eigenvalue weighted by molar-refractivity contribution is -0.140. The van der Waals surface area contributed by atoms with Gasteiger partial charge in [0.25, 0.3) is 0 Å². The van der Waals surface area contributed by atoms with Crippen LogP contribution in [-0.4, -0.2) is 23.4 Å². The van der Waals surface area contributed by atoms with E-state index >= 15 is 0 Å². The minimum Gasteiger partial charge on any atom is -0.335 e. The second kappa shape index (κ2) is 8.87. The fourth-order valence-electron chi connectivity index (χ4n) is 3.99. The van der Waals surface area contributed by atoms with E-state index in [9.17, 15) is 4.79 Å². The van der Waals surface area contributed by atoms with Crippen LogP contribution in [0.3, 0.4) is 0 Å². The number of carbonyl (C=O) groups excluding carboxylic acids is 1. The van der Waals surface area contributed by atoms with Crippen molar-refractivity contribution in [3.8, 4) is 0 Å². The zero-order valence-electron chi connectivity index (χ0n) is 14.7. The van der Waals surface area contributed by atoms with Gasteiger partial charge in [0.1, 0.15) is 0 Å². The largest absolute Gasteiger partial charge is 0.335 e. The molecule has 0 spiro atoms. The van der Waals surface area contributed by atoms with Crippen molar-refractivity contribution < 1.29 is 4.79 Å². The van der Waals surface area contributed by atoms with Crippen LogP contribution in [0.4, 0.5) is 0 Å². The van der Waals surface area contributed by atoms with E-state index in [-0.39, 0.29) is 30.4 Å². The molecule has 1 amide bonds. The Kier molecular flexibility index (Phi) is 7.12. The van der Waals surface area contributed by atoms with Gasteiger partial charge in [0.2, 0.25) is 5.91 Å². The smallest absolute Gasteiger partial charge is 0.226 e. The van der Waals surface area contributed by atoms with Crippen LogP contribution in [0.1, 0.15) is 63.5 Å². The molecule has 134 valence electrons. The standard InChI is InChI=1S/C20H30N2O.ClH/c1-15(17-9-3-2-4-10-17)22(14-16-7-5-8-16)20(23)18-11-6-12-19(21)13-18;/h2-4,9-10,15-16,18-19H,5-8,11-14,21H2,1H3;1H. The lowest BCUT2D eigenvalue weighted by Crippen LogP contribution is -2.44. The van der Waals surface area contributed by atoms with Gasteiger partial charge < -0.3 is 10.6 Å². The van der Waals surface area contributed by atoms with Crippen molar-refractivity contribution in [1.82, 2.24) is 4.90 Å². The molecule has 2 fully saturated rings. The maximum atomic E-state index is 13.2. The fraction of sp³-hybridized carbons (Fsp3) is 0.650. The number of nitrogens with zero attached hydrogens (tertiary/aromatic N) is 1. The molecule has 0 aromatic heterocycles. The molecule has 3 rings (SSSR count). The number of nitrogens with two attached hydrogens (primary N) is 1. The molecule has 0 bridgehead atoms. The number of halogens is 1. The normalized spacial score (nSPS) is 25.2. The van der Waals surface area contributed by atoms with Gasteiger partial charge in [0.15, 0.2) is 0 Å². The average molecular weight is 351 g/mol. The molecule has 24 heavy (non-hydrogen) atoms. The topological polar surface area (TPSA) is 46.3 Å². The maximum absolute atomic E-state index is 13.2. The molecule has 4 heteroatoms. The lowest BCUT2D eigenvalue weighted by atomic mass is 9.82. The molecule has 0 heterocycles. The third kappa shape index (κ3) is 4.52. The Hall–Kier alpha value is -1.06. The van der Waals surface area contributed by atoms with Crippen molar-refractivity contribution in [3.05, 3.63) is 35.9 Å². The average Bonchev–Trinajstić information content (AvgIpc) is 2.54. The van der Waals surface area contributed by atoms with Gasteiger partial charge in [-0.05, 0) is 50.5 Å². The molecule has 0 aliphatic heterocycles. The number of rotatable bonds is 5. The van der Waals surface area contributed by atoms with E-state index in [0.29, 0.717) is 11.8 Å². The summed E-state index contributed by atoms with van der Waals surface area (Å²) >= 11 is 0. The van der Waals surface area contributed by atoms with Crippen molar-refractivity contribution in [3.63, 3.8) is 0 Å². The molecule has 2 N–H and O–H groups in total. The van der Waals surface area contributed by atoms with Gasteiger partial charge in [-0.3, -0.25) is 4.79 Å². The van der Waals surface area contributed by atoms with Crippen LogP contribution in [-0.2, 0) is 4.79 Å². The predicted octanol–water partition coefficient (Wildman–Crippen LogP) is 4.32. The van der Waals surface area contributed by atoms with E-state index in [1.54, 1.807) is 0 Å². The second-order valence-corrected chi connectivity index (χ2v) is 7.50. The second-order valence-electron chi connectivity index (χ2n) is 7.50. The van der Waals surface area contributed by atoms with Crippen LogP contribution in [0, 0.1) is 11.8 Å². The van der Waals surface area contributed by atoms with Crippen molar-refractivity contribution in [2.45, 2.75) is 64.0 Å². The first-order valence-corrected chi connectivity index (χ1v) is 9.26. The van der Waals surface area contributed by atoms with Crippen LogP contribution in [0.15, 0.2) is 30.3 Å². The summed E-state index contributed by atoms with van der Waals surface area (Å²) in [5.74, 6) is 1.16. The lowest BCUT2D eigenvalue weighted by Gasteiger charge is -2.39. The molecule has 3 unspecified atom stereocenters. The molecule has 3 nitrogen and oxygen atoms in total. The fourth-order valence-corrected chi connectivity index (χ4v) is 3.99. The van der Waals surface area contributed by atoms with E-state index in [2.05, 4.69) is 36.1 Å². The molecule has 2 aliphatic carbocycles. The third-order valence-electron chi connectivity index (χ3n) is 5.78. The van der Waals surface area contributed by atoms with E-state index in [1.807, 2.05) is 6.07 Å². The molecule has 1 aromatic rings. The first-order chi connectivity index (χ1) is 11.1. The summed E-state index contributed by atoms with van der Waals surface area (Å²) in [7, 11) is 0. The Balaban J connectivity index is 0.00000208. The quantitative estimate of drug-likeness (QED) is 0.859. The predicted molar refractivity (Wildman–Crippen MR) is 101 cm³/mol. The summed E-state index contributed by atoms with van der Waals surface area (Å²) in [4.78, 5) is 15.4. The first kappa shape index (κ1) is 19.3. The van der Waals surface area contributed by atoms with Gasteiger partial charge >= 0.3 is 0 Å². The van der Waals surface area contributed by atoms with Crippen LogP contribution >= 0.6 is 12.4 Å². The summed E-state index contributed by atoms with van der Waals surface area (Å²) in [6.07, 6.45) is 7.90. The Morgan fingerprint density at radius 3 is 2.42 bits per heavy atom. The van der Waals surface area contributed by atoms with Crippen LogP contribution in [0.2, 0.25) is 0 Å². The van der Waals surface area contributed by atoms with Gasteiger partial charge in [0.05, 0.1) is 6.04 Å². The van der Waals surface area contributed by atoms with Gasteiger partial charge in [-0.15, -0.1) is 12.4 Å². The Morgan fingerprint density at radius 1 is 1.17 bits per heavy atom. The summed E-state index contributed by atoms with van der Waals surface area (Å²) in [5, 5.41) is 0. The van der Waals surface area contributed by atoms with Crippen molar-refractivity contribution in [2.24, 2.45) is 17.6 Å². The molecular formula is C20H31ClN2O. The Morgan fingerprint density at radius 2 is 1.83 bits per heavy atom.